The van der Waals surface area contributed by atoms with Gasteiger partial charge < -0.3 is 15.0 Å². The number of amides is 2. The summed E-state index contributed by atoms with van der Waals surface area (Å²) in [7, 11) is -3.25. The van der Waals surface area contributed by atoms with Gasteiger partial charge in [0.05, 0.1) is 6.26 Å². The Morgan fingerprint density at radius 1 is 1.30 bits per heavy atom. The standard InChI is InChI=1S/C18H27N3O5S/c1-14(20-18(23)26-13-15-7-4-3-5-8-15)17(22)21-10-6-9-16(12-21)11-19-27(2,24)25/h3-5,7-8,14,16,19H,6,9-13H2,1-2H3,(H,20,23)/t14-,16-/m1/s1. The Morgan fingerprint density at radius 2 is 2.00 bits per heavy atom. The molecule has 1 aromatic carbocycles. The molecule has 27 heavy (non-hydrogen) atoms. The minimum atomic E-state index is -3.25. The molecule has 0 unspecified atom stereocenters. The van der Waals surface area contributed by atoms with E-state index in [0.717, 1.165) is 24.7 Å². The van der Waals surface area contributed by atoms with Gasteiger partial charge in [-0.05, 0) is 31.2 Å². The highest BCUT2D eigenvalue weighted by Gasteiger charge is 2.28. The Labute approximate surface area is 160 Å². The normalized spacial score (nSPS) is 18.6. The van der Waals surface area contributed by atoms with E-state index in [2.05, 4.69) is 10.0 Å². The number of rotatable bonds is 7. The number of nitrogens with one attached hydrogen (secondary N) is 2. The number of sulfonamides is 1. The lowest BCUT2D eigenvalue weighted by Crippen LogP contribution is -2.51. The van der Waals surface area contributed by atoms with Crippen LogP contribution in [0.15, 0.2) is 30.3 Å². The maximum absolute atomic E-state index is 12.6. The average molecular weight is 397 g/mol. The molecule has 0 bridgehead atoms. The highest BCUT2D eigenvalue weighted by molar-refractivity contribution is 7.88. The van der Waals surface area contributed by atoms with Crippen LogP contribution >= 0.6 is 0 Å². The molecule has 0 aliphatic carbocycles. The molecule has 1 aliphatic rings. The van der Waals surface area contributed by atoms with Gasteiger partial charge in [0.15, 0.2) is 0 Å². The van der Waals surface area contributed by atoms with Crippen molar-refractivity contribution < 1.29 is 22.7 Å². The minimum absolute atomic E-state index is 0.0645. The van der Waals surface area contributed by atoms with Gasteiger partial charge in [-0.3, -0.25) is 4.79 Å². The zero-order valence-electron chi connectivity index (χ0n) is 15.7. The third-order valence-corrected chi connectivity index (χ3v) is 5.07. The van der Waals surface area contributed by atoms with Crippen molar-refractivity contribution in [2.75, 3.05) is 25.9 Å². The van der Waals surface area contributed by atoms with Crippen molar-refractivity contribution in [2.45, 2.75) is 32.4 Å². The number of alkyl carbamates (subject to hydrolysis) is 1. The molecule has 2 atom stereocenters. The van der Waals surface area contributed by atoms with Crippen molar-refractivity contribution in [3.05, 3.63) is 35.9 Å². The molecule has 2 rings (SSSR count). The van der Waals surface area contributed by atoms with Crippen LogP contribution in [0.25, 0.3) is 0 Å². The molecule has 1 aromatic rings. The summed E-state index contributed by atoms with van der Waals surface area (Å²) in [5, 5.41) is 2.55. The number of hydrogen-bond donors (Lipinski definition) is 2. The molecule has 2 N–H and O–H groups in total. The lowest BCUT2D eigenvalue weighted by Gasteiger charge is -2.34. The first-order valence-corrected chi connectivity index (χ1v) is 10.8. The van der Waals surface area contributed by atoms with E-state index in [4.69, 9.17) is 4.74 Å². The summed E-state index contributed by atoms with van der Waals surface area (Å²) in [6.45, 7) is 3.12. The number of nitrogens with zero attached hydrogens (tertiary/aromatic N) is 1. The molecule has 150 valence electrons. The van der Waals surface area contributed by atoms with Crippen LogP contribution in [0.4, 0.5) is 4.79 Å². The summed E-state index contributed by atoms with van der Waals surface area (Å²) in [5.74, 6) is -0.134. The molecule has 0 aromatic heterocycles. The molecule has 1 fully saturated rings. The van der Waals surface area contributed by atoms with E-state index in [9.17, 15) is 18.0 Å². The van der Waals surface area contributed by atoms with E-state index in [0.29, 0.717) is 19.6 Å². The second kappa shape index (κ2) is 9.70. The van der Waals surface area contributed by atoms with Crippen molar-refractivity contribution in [1.82, 2.24) is 14.9 Å². The van der Waals surface area contributed by atoms with Gasteiger partial charge in [0.2, 0.25) is 15.9 Å². The van der Waals surface area contributed by atoms with E-state index < -0.39 is 22.2 Å². The molecule has 8 nitrogen and oxygen atoms in total. The first kappa shape index (κ1) is 21.2. The SMILES string of the molecule is C[C@@H](NC(=O)OCc1ccccc1)C(=O)N1CCC[C@H](CNS(C)(=O)=O)C1. The highest BCUT2D eigenvalue weighted by atomic mass is 32.2. The van der Waals surface area contributed by atoms with Crippen molar-refractivity contribution in [3.8, 4) is 0 Å². The zero-order chi connectivity index (χ0) is 19.9. The molecule has 1 aliphatic heterocycles. The lowest BCUT2D eigenvalue weighted by atomic mass is 9.98. The van der Waals surface area contributed by atoms with Crippen molar-refractivity contribution in [1.29, 1.82) is 0 Å². The van der Waals surface area contributed by atoms with Crippen LogP contribution in [0.5, 0.6) is 0 Å². The summed E-state index contributed by atoms with van der Waals surface area (Å²) >= 11 is 0. The smallest absolute Gasteiger partial charge is 0.408 e. The quantitative estimate of drug-likeness (QED) is 0.717. The van der Waals surface area contributed by atoms with Crippen LogP contribution in [0.3, 0.4) is 0 Å². The van der Waals surface area contributed by atoms with Crippen LogP contribution in [0.2, 0.25) is 0 Å². The van der Waals surface area contributed by atoms with E-state index in [-0.39, 0.29) is 18.4 Å². The van der Waals surface area contributed by atoms with Crippen LogP contribution in [-0.4, -0.2) is 57.3 Å². The molecule has 0 saturated carbocycles. The number of piperidine rings is 1. The molecule has 1 saturated heterocycles. The van der Waals surface area contributed by atoms with E-state index in [1.807, 2.05) is 30.3 Å². The fraction of sp³-hybridized carbons (Fsp3) is 0.556. The van der Waals surface area contributed by atoms with E-state index in [1.54, 1.807) is 11.8 Å². The Kier molecular flexibility index (Phi) is 7.61. The fourth-order valence-corrected chi connectivity index (χ4v) is 3.52. The van der Waals surface area contributed by atoms with Gasteiger partial charge in [-0.25, -0.2) is 17.9 Å². The molecular weight excluding hydrogens is 370 g/mol. The van der Waals surface area contributed by atoms with Gasteiger partial charge in [0.1, 0.15) is 12.6 Å². The van der Waals surface area contributed by atoms with Gasteiger partial charge in [0, 0.05) is 19.6 Å². The number of carbonyl (C=O) groups is 2. The van der Waals surface area contributed by atoms with Crippen molar-refractivity contribution in [3.63, 3.8) is 0 Å². The molecule has 0 radical (unpaired) electrons. The van der Waals surface area contributed by atoms with Gasteiger partial charge >= 0.3 is 6.09 Å². The third kappa shape index (κ3) is 7.56. The third-order valence-electron chi connectivity index (χ3n) is 4.38. The summed E-state index contributed by atoms with van der Waals surface area (Å²) in [4.78, 5) is 26.1. The Balaban J connectivity index is 1.78. The number of hydrogen-bond acceptors (Lipinski definition) is 5. The monoisotopic (exact) mass is 397 g/mol. The van der Waals surface area contributed by atoms with E-state index >= 15 is 0 Å². The van der Waals surface area contributed by atoms with Crippen molar-refractivity contribution >= 4 is 22.0 Å². The first-order valence-electron chi connectivity index (χ1n) is 8.95. The maximum atomic E-state index is 12.6. The van der Waals surface area contributed by atoms with Crippen LogP contribution in [0, 0.1) is 5.92 Å². The van der Waals surface area contributed by atoms with Gasteiger partial charge in [-0.1, -0.05) is 30.3 Å². The molecule has 9 heteroatoms. The first-order chi connectivity index (χ1) is 12.7. The summed E-state index contributed by atoms with van der Waals surface area (Å²) in [6, 6.07) is 8.57. The Morgan fingerprint density at radius 3 is 2.67 bits per heavy atom. The topological polar surface area (TPSA) is 105 Å². The van der Waals surface area contributed by atoms with Crippen LogP contribution in [-0.2, 0) is 26.2 Å². The molecule has 2 amide bonds. The van der Waals surface area contributed by atoms with Gasteiger partial charge in [-0.2, -0.15) is 0 Å². The molecule has 0 spiro atoms. The summed E-state index contributed by atoms with van der Waals surface area (Å²) in [6.07, 6.45) is 2.12. The second-order valence-electron chi connectivity index (χ2n) is 6.84. The summed E-state index contributed by atoms with van der Waals surface area (Å²) in [5.41, 5.74) is 0.865. The van der Waals surface area contributed by atoms with Crippen molar-refractivity contribution in [2.24, 2.45) is 5.92 Å². The predicted molar refractivity (Wildman–Crippen MR) is 101 cm³/mol. The molecular formula is C18H27N3O5S. The minimum Gasteiger partial charge on any atom is -0.445 e. The zero-order valence-corrected chi connectivity index (χ0v) is 16.5. The lowest BCUT2D eigenvalue weighted by molar-refractivity contribution is -0.134. The van der Waals surface area contributed by atoms with Crippen LogP contribution < -0.4 is 10.0 Å². The number of carbonyl (C=O) groups excluding carboxylic acids is 2. The van der Waals surface area contributed by atoms with Gasteiger partial charge in [-0.15, -0.1) is 0 Å². The Hall–Kier alpha value is -2.13. The number of likely N-dealkylation sites (tertiary alicyclic amines) is 1. The Bertz CT molecular complexity index is 739. The largest absolute Gasteiger partial charge is 0.445 e. The highest BCUT2D eigenvalue weighted by Crippen LogP contribution is 2.17. The molecule has 1 heterocycles. The maximum Gasteiger partial charge on any atom is 0.408 e. The fourth-order valence-electron chi connectivity index (χ4n) is 2.98. The van der Waals surface area contributed by atoms with E-state index in [1.165, 1.54) is 0 Å². The average Bonchev–Trinajstić information content (AvgIpc) is 2.64. The summed E-state index contributed by atoms with van der Waals surface area (Å²) < 4.78 is 30.1. The number of benzene rings is 1. The number of ether oxygens (including phenoxy) is 1. The predicted octanol–water partition coefficient (Wildman–Crippen LogP) is 1.09. The van der Waals surface area contributed by atoms with Gasteiger partial charge in [0.25, 0.3) is 0 Å². The van der Waals surface area contributed by atoms with Crippen LogP contribution in [0.1, 0.15) is 25.3 Å². The second-order valence-corrected chi connectivity index (χ2v) is 8.67.